The van der Waals surface area contributed by atoms with Crippen molar-refractivity contribution in [1.82, 2.24) is 0 Å². The Balaban J connectivity index is 3.05. The molecule has 0 aliphatic rings. The Morgan fingerprint density at radius 2 is 0.633 bits per heavy atom. The molecule has 0 fully saturated rings. The third-order valence-electron chi connectivity index (χ3n) is 6.42. The molecule has 0 heteroatoms. The molecule has 0 saturated carbocycles. The van der Waals surface area contributed by atoms with E-state index in [1.54, 1.807) is 0 Å². The van der Waals surface area contributed by atoms with E-state index in [0.29, 0.717) is 0 Å². The molecule has 0 aliphatic heterocycles. The van der Waals surface area contributed by atoms with Crippen LogP contribution in [-0.2, 0) is 0 Å². The van der Waals surface area contributed by atoms with Gasteiger partial charge in [0.1, 0.15) is 0 Å². The fourth-order valence-corrected chi connectivity index (χ4v) is 4.30. The molecule has 178 valence electrons. The van der Waals surface area contributed by atoms with Gasteiger partial charge in [-0.2, -0.15) is 0 Å². The Bertz CT molecular complexity index is 327. The lowest BCUT2D eigenvalue weighted by Crippen LogP contribution is -1.83. The van der Waals surface area contributed by atoms with Crippen LogP contribution < -0.4 is 0 Å². The van der Waals surface area contributed by atoms with E-state index in [2.05, 4.69) is 25.7 Å². The quantitative estimate of drug-likeness (QED) is 0.0967. The number of hydrogen-bond donors (Lipinski definition) is 0. The van der Waals surface area contributed by atoms with Gasteiger partial charge in [0, 0.05) is 0 Å². The Labute approximate surface area is 192 Å². The average Bonchev–Trinajstić information content (AvgIpc) is 2.76. The zero-order chi connectivity index (χ0) is 21.8. The molecule has 0 nitrogen and oxygen atoms in total. The van der Waals surface area contributed by atoms with Crippen LogP contribution in [0.3, 0.4) is 0 Å². The number of rotatable bonds is 26. The minimum Gasteiger partial charge on any atom is -0.103 e. The molecular weight excluding hydrogens is 360 g/mol. The first-order valence-corrected chi connectivity index (χ1v) is 14.2. The van der Waals surface area contributed by atoms with Crippen LogP contribution in [0.5, 0.6) is 0 Å². The van der Waals surface area contributed by atoms with E-state index in [9.17, 15) is 0 Å². The molecule has 0 rings (SSSR count). The first-order chi connectivity index (χ1) is 14.9. The summed E-state index contributed by atoms with van der Waals surface area (Å²) in [6.45, 7) is 6.09. The second-order valence-corrected chi connectivity index (χ2v) is 9.55. The van der Waals surface area contributed by atoms with Crippen LogP contribution in [0.1, 0.15) is 167 Å². The third-order valence-corrected chi connectivity index (χ3v) is 6.42. The van der Waals surface area contributed by atoms with E-state index in [1.807, 2.05) is 6.08 Å². The predicted molar refractivity (Wildman–Crippen MR) is 140 cm³/mol. The lowest BCUT2D eigenvalue weighted by Gasteiger charge is -2.03. The van der Waals surface area contributed by atoms with Crippen LogP contribution in [0, 0.1) is 0 Å². The summed E-state index contributed by atoms with van der Waals surface area (Å²) in [5, 5.41) is 0. The molecule has 0 radical (unpaired) electrons. The van der Waals surface area contributed by atoms with Crippen LogP contribution in [0.4, 0.5) is 0 Å². The standard InChI is InChI=1S/C30H58/c1-3-5-7-9-11-13-15-17-19-21-23-25-27-29-30-28-26-24-22-20-18-16-14-12-10-8-6-4-2/h3,21,23H,1,4-20,22,24-30H2,2H3. The molecule has 0 amide bonds. The van der Waals surface area contributed by atoms with Crippen molar-refractivity contribution < 1.29 is 0 Å². The van der Waals surface area contributed by atoms with Crippen LogP contribution in [0.15, 0.2) is 24.8 Å². The molecule has 0 spiro atoms. The van der Waals surface area contributed by atoms with Gasteiger partial charge in [0.25, 0.3) is 0 Å². The summed E-state index contributed by atoms with van der Waals surface area (Å²) >= 11 is 0. The highest BCUT2D eigenvalue weighted by atomic mass is 14.0. The summed E-state index contributed by atoms with van der Waals surface area (Å²) in [7, 11) is 0. The number of allylic oxidation sites excluding steroid dienone is 3. The van der Waals surface area contributed by atoms with Gasteiger partial charge in [-0.1, -0.05) is 147 Å². The SMILES string of the molecule is C=CCCCCCCCCC=CCCCCCCCCCCCCCCCCCC. The van der Waals surface area contributed by atoms with E-state index in [0.717, 1.165) is 0 Å². The van der Waals surface area contributed by atoms with Crippen molar-refractivity contribution in [3.63, 3.8) is 0 Å². The van der Waals surface area contributed by atoms with Crippen molar-refractivity contribution in [1.29, 1.82) is 0 Å². The first-order valence-electron chi connectivity index (χ1n) is 14.2. The van der Waals surface area contributed by atoms with E-state index in [-0.39, 0.29) is 0 Å². The minimum absolute atomic E-state index is 1.20. The van der Waals surface area contributed by atoms with Crippen molar-refractivity contribution in [2.24, 2.45) is 0 Å². The van der Waals surface area contributed by atoms with Crippen molar-refractivity contribution >= 4 is 0 Å². The summed E-state index contributed by atoms with van der Waals surface area (Å²) in [6.07, 6.45) is 42.4. The summed E-state index contributed by atoms with van der Waals surface area (Å²) < 4.78 is 0. The van der Waals surface area contributed by atoms with Gasteiger partial charge in [0.05, 0.1) is 0 Å². The highest BCUT2D eigenvalue weighted by Crippen LogP contribution is 2.14. The zero-order valence-corrected chi connectivity index (χ0v) is 21.1. The maximum atomic E-state index is 3.79. The monoisotopic (exact) mass is 418 g/mol. The summed E-state index contributed by atoms with van der Waals surface area (Å²) in [6, 6.07) is 0. The molecular formula is C30H58. The molecule has 0 aliphatic carbocycles. The Morgan fingerprint density at radius 1 is 0.367 bits per heavy atom. The van der Waals surface area contributed by atoms with Gasteiger partial charge < -0.3 is 0 Å². The zero-order valence-electron chi connectivity index (χ0n) is 21.1. The van der Waals surface area contributed by atoms with Gasteiger partial charge in [-0.3, -0.25) is 0 Å². The van der Waals surface area contributed by atoms with Crippen molar-refractivity contribution in [3.8, 4) is 0 Å². The van der Waals surface area contributed by atoms with Gasteiger partial charge in [-0.15, -0.1) is 6.58 Å². The second kappa shape index (κ2) is 28.5. The number of hydrogen-bond acceptors (Lipinski definition) is 0. The summed E-state index contributed by atoms with van der Waals surface area (Å²) in [4.78, 5) is 0. The maximum absolute atomic E-state index is 3.79. The Hall–Kier alpha value is -0.520. The van der Waals surface area contributed by atoms with Crippen LogP contribution in [0.2, 0.25) is 0 Å². The first kappa shape index (κ1) is 29.5. The van der Waals surface area contributed by atoms with Gasteiger partial charge >= 0.3 is 0 Å². The highest BCUT2D eigenvalue weighted by Gasteiger charge is 1.94. The lowest BCUT2D eigenvalue weighted by atomic mass is 10.0. The Kier molecular flexibility index (Phi) is 28.0. The third kappa shape index (κ3) is 27.5. The van der Waals surface area contributed by atoms with Gasteiger partial charge in [-0.05, 0) is 38.5 Å². The molecule has 0 bridgehead atoms. The molecule has 0 aromatic heterocycles. The average molecular weight is 419 g/mol. The number of unbranched alkanes of at least 4 members (excludes halogenated alkanes) is 23. The fourth-order valence-electron chi connectivity index (χ4n) is 4.30. The van der Waals surface area contributed by atoms with Crippen molar-refractivity contribution in [2.75, 3.05) is 0 Å². The molecule has 0 aromatic rings. The van der Waals surface area contributed by atoms with Crippen LogP contribution in [-0.4, -0.2) is 0 Å². The van der Waals surface area contributed by atoms with Crippen molar-refractivity contribution in [3.05, 3.63) is 24.8 Å². The summed E-state index contributed by atoms with van der Waals surface area (Å²) in [5.74, 6) is 0. The fraction of sp³-hybridized carbons (Fsp3) is 0.867. The van der Waals surface area contributed by atoms with E-state index < -0.39 is 0 Å². The second-order valence-electron chi connectivity index (χ2n) is 9.55. The normalized spacial score (nSPS) is 11.5. The van der Waals surface area contributed by atoms with Crippen LogP contribution >= 0.6 is 0 Å². The Morgan fingerprint density at radius 3 is 0.933 bits per heavy atom. The summed E-state index contributed by atoms with van der Waals surface area (Å²) in [5.41, 5.74) is 0. The largest absolute Gasteiger partial charge is 0.103 e. The molecule has 0 heterocycles. The topological polar surface area (TPSA) is 0 Å². The lowest BCUT2D eigenvalue weighted by molar-refractivity contribution is 0.530. The molecule has 0 aromatic carbocycles. The molecule has 30 heavy (non-hydrogen) atoms. The molecule has 0 N–H and O–H groups in total. The van der Waals surface area contributed by atoms with E-state index >= 15 is 0 Å². The van der Waals surface area contributed by atoms with Gasteiger partial charge in [0.2, 0.25) is 0 Å². The maximum Gasteiger partial charge on any atom is -0.0351 e. The molecule has 0 atom stereocenters. The smallest absolute Gasteiger partial charge is 0.0351 e. The predicted octanol–water partition coefficient (Wildman–Crippen LogP) is 11.5. The van der Waals surface area contributed by atoms with E-state index in [1.165, 1.54) is 161 Å². The van der Waals surface area contributed by atoms with Gasteiger partial charge in [-0.25, -0.2) is 0 Å². The van der Waals surface area contributed by atoms with E-state index in [4.69, 9.17) is 0 Å². The molecule has 0 unspecified atom stereocenters. The van der Waals surface area contributed by atoms with Crippen LogP contribution in [0.25, 0.3) is 0 Å². The van der Waals surface area contributed by atoms with Gasteiger partial charge in [0.15, 0.2) is 0 Å². The highest BCUT2D eigenvalue weighted by molar-refractivity contribution is 4.81. The molecule has 0 saturated heterocycles. The minimum atomic E-state index is 1.20. The van der Waals surface area contributed by atoms with Crippen molar-refractivity contribution in [2.45, 2.75) is 167 Å².